The van der Waals surface area contributed by atoms with Crippen molar-refractivity contribution in [1.29, 1.82) is 0 Å². The Balaban J connectivity index is 1.78. The van der Waals surface area contributed by atoms with Crippen molar-refractivity contribution < 1.29 is 5.21 Å². The minimum atomic E-state index is 0.150. The normalized spacial score (nSPS) is 17.1. The van der Waals surface area contributed by atoms with E-state index in [4.69, 9.17) is 10.9 Å². The van der Waals surface area contributed by atoms with Gasteiger partial charge in [-0.3, -0.25) is 0 Å². The highest BCUT2D eigenvalue weighted by atomic mass is 16.4. The molecule has 0 bridgehead atoms. The van der Waals surface area contributed by atoms with E-state index in [0.29, 0.717) is 0 Å². The second kappa shape index (κ2) is 5.54. The minimum Gasteiger partial charge on any atom is -0.409 e. The van der Waals surface area contributed by atoms with Crippen molar-refractivity contribution in [2.75, 3.05) is 19.6 Å². The van der Waals surface area contributed by atoms with Crippen LogP contribution in [0.25, 0.3) is 10.9 Å². The first-order valence-corrected chi connectivity index (χ1v) is 7.07. The molecule has 0 saturated carbocycles. The summed E-state index contributed by atoms with van der Waals surface area (Å²) in [6.45, 7) is 4.57. The highest BCUT2D eigenvalue weighted by Crippen LogP contribution is 2.18. The molecule has 20 heavy (non-hydrogen) atoms. The number of fused-ring (bicyclic) bond motifs is 1. The molecule has 1 aliphatic heterocycles. The maximum Gasteiger partial charge on any atom is 0.170 e. The predicted molar refractivity (Wildman–Crippen MR) is 80.1 cm³/mol. The van der Waals surface area contributed by atoms with Crippen molar-refractivity contribution in [2.45, 2.75) is 19.4 Å². The van der Waals surface area contributed by atoms with Crippen LogP contribution in [0, 0.1) is 0 Å². The summed E-state index contributed by atoms with van der Waals surface area (Å²) in [6.07, 6.45) is 4.77. The molecular formula is C15H20N4O. The number of oxime groups is 1. The van der Waals surface area contributed by atoms with Crippen molar-refractivity contribution in [1.82, 2.24) is 9.47 Å². The van der Waals surface area contributed by atoms with Crippen molar-refractivity contribution in [3.63, 3.8) is 0 Å². The number of hydrogen-bond acceptors (Lipinski definition) is 3. The van der Waals surface area contributed by atoms with Gasteiger partial charge in [0.15, 0.2) is 5.84 Å². The van der Waals surface area contributed by atoms with Crippen molar-refractivity contribution in [2.24, 2.45) is 10.9 Å². The lowest BCUT2D eigenvalue weighted by Gasteiger charge is -2.15. The molecule has 0 spiro atoms. The Kier molecular flexibility index (Phi) is 3.60. The van der Waals surface area contributed by atoms with Crippen molar-refractivity contribution in [3.05, 3.63) is 36.0 Å². The van der Waals surface area contributed by atoms with Crippen LogP contribution >= 0.6 is 0 Å². The van der Waals surface area contributed by atoms with Gasteiger partial charge in [-0.15, -0.1) is 0 Å². The topological polar surface area (TPSA) is 66.8 Å². The molecule has 3 N–H and O–H groups in total. The van der Waals surface area contributed by atoms with Gasteiger partial charge >= 0.3 is 0 Å². The third kappa shape index (κ3) is 2.49. The van der Waals surface area contributed by atoms with Crippen LogP contribution in [0.2, 0.25) is 0 Å². The van der Waals surface area contributed by atoms with E-state index < -0.39 is 0 Å². The largest absolute Gasteiger partial charge is 0.409 e. The van der Waals surface area contributed by atoms with Gasteiger partial charge in [0, 0.05) is 35.8 Å². The molecule has 2 aromatic rings. The zero-order valence-corrected chi connectivity index (χ0v) is 11.5. The summed E-state index contributed by atoms with van der Waals surface area (Å²) in [5.41, 5.74) is 7.56. The Morgan fingerprint density at radius 2 is 2.00 bits per heavy atom. The molecular weight excluding hydrogens is 252 g/mol. The summed E-state index contributed by atoms with van der Waals surface area (Å²) >= 11 is 0. The Hall–Kier alpha value is -2.01. The summed E-state index contributed by atoms with van der Waals surface area (Å²) in [7, 11) is 0. The molecule has 1 aromatic carbocycles. The molecule has 1 fully saturated rings. The molecule has 1 aliphatic rings. The van der Waals surface area contributed by atoms with Crippen molar-refractivity contribution in [3.8, 4) is 0 Å². The van der Waals surface area contributed by atoms with Crippen LogP contribution in [0.3, 0.4) is 0 Å². The first kappa shape index (κ1) is 13.0. The van der Waals surface area contributed by atoms with E-state index in [0.717, 1.165) is 24.0 Å². The molecule has 0 unspecified atom stereocenters. The van der Waals surface area contributed by atoms with E-state index in [9.17, 15) is 0 Å². The van der Waals surface area contributed by atoms with Crippen LogP contribution in [0.15, 0.2) is 35.6 Å². The lowest BCUT2D eigenvalue weighted by molar-refractivity contribution is 0.318. The highest BCUT2D eigenvalue weighted by molar-refractivity contribution is 6.00. The van der Waals surface area contributed by atoms with Crippen LogP contribution in [-0.4, -0.2) is 40.1 Å². The lowest BCUT2D eigenvalue weighted by Crippen LogP contribution is -2.23. The minimum absolute atomic E-state index is 0.150. The molecule has 1 aromatic heterocycles. The zero-order valence-electron chi connectivity index (χ0n) is 11.5. The fourth-order valence-electron chi connectivity index (χ4n) is 2.87. The zero-order chi connectivity index (χ0) is 13.9. The van der Waals surface area contributed by atoms with Gasteiger partial charge in [0.05, 0.1) is 0 Å². The summed E-state index contributed by atoms with van der Waals surface area (Å²) < 4.78 is 2.27. The molecule has 0 radical (unpaired) electrons. The van der Waals surface area contributed by atoms with Gasteiger partial charge in [-0.05, 0) is 50.2 Å². The number of rotatable bonds is 4. The maximum atomic E-state index is 8.72. The van der Waals surface area contributed by atoms with Gasteiger partial charge in [-0.1, -0.05) is 5.16 Å². The fraction of sp³-hybridized carbons (Fsp3) is 0.400. The number of likely N-dealkylation sites (tertiary alicyclic amines) is 1. The second-order valence-electron chi connectivity index (χ2n) is 5.32. The molecule has 0 aliphatic carbocycles. The van der Waals surface area contributed by atoms with E-state index in [-0.39, 0.29) is 5.84 Å². The molecule has 0 amide bonds. The van der Waals surface area contributed by atoms with Gasteiger partial charge in [0.25, 0.3) is 0 Å². The molecule has 1 saturated heterocycles. The van der Waals surface area contributed by atoms with E-state index in [1.54, 1.807) is 0 Å². The number of hydrogen-bond donors (Lipinski definition) is 2. The van der Waals surface area contributed by atoms with Crippen LogP contribution in [0.1, 0.15) is 18.4 Å². The third-order valence-electron chi connectivity index (χ3n) is 4.03. The van der Waals surface area contributed by atoms with Crippen LogP contribution < -0.4 is 5.73 Å². The Bertz CT molecular complexity index is 626. The molecule has 3 rings (SSSR count). The van der Waals surface area contributed by atoms with Gasteiger partial charge in [-0.2, -0.15) is 0 Å². The maximum absolute atomic E-state index is 8.72. The number of amidine groups is 1. The molecule has 2 heterocycles. The Morgan fingerprint density at radius 3 is 2.75 bits per heavy atom. The first-order chi connectivity index (χ1) is 9.78. The van der Waals surface area contributed by atoms with E-state index >= 15 is 0 Å². The molecule has 106 valence electrons. The summed E-state index contributed by atoms with van der Waals surface area (Å²) in [5.74, 6) is 0.150. The van der Waals surface area contributed by atoms with E-state index in [1.165, 1.54) is 31.4 Å². The average molecular weight is 272 g/mol. The Morgan fingerprint density at radius 1 is 1.20 bits per heavy atom. The van der Waals surface area contributed by atoms with Gasteiger partial charge in [0.2, 0.25) is 0 Å². The van der Waals surface area contributed by atoms with Crippen LogP contribution in [-0.2, 0) is 6.54 Å². The standard InChI is InChI=1S/C15H20N4O/c16-15(17-20)13-3-4-14-12(11-13)5-8-19(14)10-9-18-6-1-2-7-18/h3-5,8,11,20H,1-2,6-7,9-10H2,(H2,16,17). The first-order valence-electron chi connectivity index (χ1n) is 7.07. The smallest absolute Gasteiger partial charge is 0.170 e. The second-order valence-corrected chi connectivity index (χ2v) is 5.32. The Labute approximate surface area is 118 Å². The fourth-order valence-corrected chi connectivity index (χ4v) is 2.87. The molecule has 0 atom stereocenters. The monoisotopic (exact) mass is 272 g/mol. The highest BCUT2D eigenvalue weighted by Gasteiger charge is 2.11. The van der Waals surface area contributed by atoms with Crippen LogP contribution in [0.4, 0.5) is 0 Å². The third-order valence-corrected chi connectivity index (χ3v) is 4.03. The molecule has 5 nitrogen and oxygen atoms in total. The summed E-state index contributed by atoms with van der Waals surface area (Å²) in [4.78, 5) is 2.51. The predicted octanol–water partition coefficient (Wildman–Crippen LogP) is 1.83. The quantitative estimate of drug-likeness (QED) is 0.386. The number of nitrogens with zero attached hydrogens (tertiary/aromatic N) is 3. The summed E-state index contributed by atoms with van der Waals surface area (Å²) in [6, 6.07) is 7.96. The number of nitrogens with two attached hydrogens (primary N) is 1. The molecule has 5 heteroatoms. The lowest BCUT2D eigenvalue weighted by atomic mass is 10.1. The van der Waals surface area contributed by atoms with Gasteiger partial charge < -0.3 is 20.4 Å². The van der Waals surface area contributed by atoms with Crippen LogP contribution in [0.5, 0.6) is 0 Å². The summed E-state index contributed by atoms with van der Waals surface area (Å²) in [5, 5.41) is 12.9. The number of aromatic nitrogens is 1. The van der Waals surface area contributed by atoms with Crippen molar-refractivity contribution >= 4 is 16.7 Å². The number of benzene rings is 1. The van der Waals surface area contributed by atoms with E-state index in [2.05, 4.69) is 26.9 Å². The van der Waals surface area contributed by atoms with Gasteiger partial charge in [-0.25, -0.2) is 0 Å². The van der Waals surface area contributed by atoms with E-state index in [1.807, 2.05) is 18.2 Å². The van der Waals surface area contributed by atoms with Gasteiger partial charge in [0.1, 0.15) is 0 Å². The average Bonchev–Trinajstić information content (AvgIpc) is 3.13. The SMILES string of the molecule is N/C(=N/O)c1ccc2c(ccn2CCN2CCCC2)c1.